The molecular formula is C23H18FN3O5S. The molecule has 10 heteroatoms. The number of rotatable bonds is 5. The van der Waals surface area contributed by atoms with E-state index in [0.29, 0.717) is 11.3 Å². The number of nitrogens with zero attached hydrogens (tertiary/aromatic N) is 3. The SMILES string of the molecule is CCOC(=O)C1=C(C)N=c2sc(=Cc3cccc([N+](=O)[O-])c3)c(=O)n2C1c1ccccc1F. The van der Waals surface area contributed by atoms with Gasteiger partial charge in [-0.1, -0.05) is 41.7 Å². The first-order valence-corrected chi connectivity index (χ1v) is 10.8. The number of aromatic nitrogens is 1. The van der Waals surface area contributed by atoms with Crippen LogP contribution in [0.15, 0.2) is 69.6 Å². The van der Waals surface area contributed by atoms with Crippen LogP contribution in [-0.4, -0.2) is 22.1 Å². The molecule has 1 aliphatic heterocycles. The Morgan fingerprint density at radius 1 is 1.30 bits per heavy atom. The zero-order valence-electron chi connectivity index (χ0n) is 17.6. The number of ether oxygens (including phenoxy) is 1. The molecule has 0 aliphatic carbocycles. The van der Waals surface area contributed by atoms with Crippen molar-refractivity contribution in [3.8, 4) is 0 Å². The van der Waals surface area contributed by atoms with E-state index < -0.39 is 28.3 Å². The van der Waals surface area contributed by atoms with Crippen LogP contribution in [-0.2, 0) is 9.53 Å². The Hall–Kier alpha value is -3.92. The van der Waals surface area contributed by atoms with E-state index in [0.717, 1.165) is 11.3 Å². The van der Waals surface area contributed by atoms with Crippen molar-refractivity contribution in [2.75, 3.05) is 6.61 Å². The van der Waals surface area contributed by atoms with Crippen molar-refractivity contribution in [3.63, 3.8) is 0 Å². The van der Waals surface area contributed by atoms with Gasteiger partial charge in [0.05, 0.1) is 27.3 Å². The number of non-ortho nitro benzene ring substituents is 1. The number of thiazole rings is 1. The number of nitro groups is 1. The number of hydrogen-bond acceptors (Lipinski definition) is 7. The third kappa shape index (κ3) is 4.12. The topological polar surface area (TPSA) is 104 Å². The fraction of sp³-hybridized carbons (Fsp3) is 0.174. The number of carbonyl (C=O) groups is 1. The maximum atomic E-state index is 14.8. The molecule has 1 unspecified atom stereocenters. The first-order valence-electron chi connectivity index (χ1n) is 10.0. The molecule has 0 N–H and O–H groups in total. The van der Waals surface area contributed by atoms with Crippen molar-refractivity contribution in [2.24, 2.45) is 4.99 Å². The largest absolute Gasteiger partial charge is 0.463 e. The van der Waals surface area contributed by atoms with Crippen LogP contribution >= 0.6 is 11.3 Å². The Morgan fingerprint density at radius 3 is 2.76 bits per heavy atom. The van der Waals surface area contributed by atoms with E-state index in [9.17, 15) is 24.1 Å². The van der Waals surface area contributed by atoms with Gasteiger partial charge in [0.15, 0.2) is 4.80 Å². The second-order valence-electron chi connectivity index (χ2n) is 7.18. The summed E-state index contributed by atoms with van der Waals surface area (Å²) < 4.78 is 21.5. The summed E-state index contributed by atoms with van der Waals surface area (Å²) in [5.41, 5.74) is 0.395. The van der Waals surface area contributed by atoms with Crippen LogP contribution in [0, 0.1) is 15.9 Å². The number of esters is 1. The predicted octanol–water partition coefficient (Wildman–Crippen LogP) is 2.85. The Kier molecular flexibility index (Phi) is 6.01. The normalized spacial score (nSPS) is 15.7. The van der Waals surface area contributed by atoms with Crippen LogP contribution < -0.4 is 14.9 Å². The molecule has 168 valence electrons. The van der Waals surface area contributed by atoms with Gasteiger partial charge in [-0.25, -0.2) is 14.2 Å². The Morgan fingerprint density at radius 2 is 2.06 bits per heavy atom. The molecule has 0 saturated heterocycles. The summed E-state index contributed by atoms with van der Waals surface area (Å²) in [5, 5.41) is 11.1. The minimum atomic E-state index is -1.06. The van der Waals surface area contributed by atoms with Crippen molar-refractivity contribution in [2.45, 2.75) is 19.9 Å². The average molecular weight is 467 g/mol. The Labute approximate surface area is 190 Å². The van der Waals surface area contributed by atoms with E-state index >= 15 is 0 Å². The Balaban J connectivity index is 1.96. The molecule has 3 aromatic rings. The van der Waals surface area contributed by atoms with Crippen molar-refractivity contribution >= 4 is 29.1 Å². The second-order valence-corrected chi connectivity index (χ2v) is 8.18. The number of fused-ring (bicyclic) bond motifs is 1. The summed E-state index contributed by atoms with van der Waals surface area (Å²) in [6.07, 6.45) is 1.51. The van der Waals surface area contributed by atoms with Crippen LogP contribution in [0.4, 0.5) is 10.1 Å². The number of allylic oxidation sites excluding steroid dienone is 1. The first kappa shape index (κ1) is 22.3. The molecule has 4 rings (SSSR count). The fourth-order valence-electron chi connectivity index (χ4n) is 3.66. The quantitative estimate of drug-likeness (QED) is 0.326. The third-order valence-electron chi connectivity index (χ3n) is 5.10. The summed E-state index contributed by atoms with van der Waals surface area (Å²) in [7, 11) is 0. The number of hydrogen-bond donors (Lipinski definition) is 0. The monoisotopic (exact) mass is 467 g/mol. The maximum absolute atomic E-state index is 14.8. The number of nitro benzene ring substituents is 1. The van der Waals surface area contributed by atoms with Crippen LogP contribution in [0.25, 0.3) is 6.08 Å². The third-order valence-corrected chi connectivity index (χ3v) is 6.08. The van der Waals surface area contributed by atoms with Crippen LogP contribution in [0.3, 0.4) is 0 Å². The van der Waals surface area contributed by atoms with E-state index in [1.165, 1.54) is 47.0 Å². The number of carbonyl (C=O) groups excluding carboxylic acids is 1. The highest BCUT2D eigenvalue weighted by atomic mass is 32.1. The highest BCUT2D eigenvalue weighted by molar-refractivity contribution is 7.07. The molecule has 0 spiro atoms. The van der Waals surface area contributed by atoms with E-state index in [2.05, 4.69) is 4.99 Å². The summed E-state index contributed by atoms with van der Waals surface area (Å²) in [5.74, 6) is -1.26. The lowest BCUT2D eigenvalue weighted by Crippen LogP contribution is -2.40. The van der Waals surface area contributed by atoms with E-state index in [1.807, 2.05) is 0 Å². The molecule has 0 fully saturated rings. The van der Waals surface area contributed by atoms with Crippen LogP contribution in [0.1, 0.15) is 31.0 Å². The van der Waals surface area contributed by atoms with Gasteiger partial charge in [0.1, 0.15) is 11.9 Å². The lowest BCUT2D eigenvalue weighted by atomic mass is 9.95. The van der Waals surface area contributed by atoms with Gasteiger partial charge in [-0.2, -0.15) is 0 Å². The molecule has 2 heterocycles. The molecule has 33 heavy (non-hydrogen) atoms. The summed E-state index contributed by atoms with van der Waals surface area (Å²) >= 11 is 1.06. The van der Waals surface area contributed by atoms with E-state index in [-0.39, 0.29) is 32.8 Å². The summed E-state index contributed by atoms with van der Waals surface area (Å²) in [6.45, 7) is 3.37. The highest BCUT2D eigenvalue weighted by Crippen LogP contribution is 2.32. The molecule has 1 aromatic heterocycles. The molecule has 1 atom stereocenters. The van der Waals surface area contributed by atoms with Gasteiger partial charge in [0.2, 0.25) is 0 Å². The van der Waals surface area contributed by atoms with Gasteiger partial charge >= 0.3 is 5.97 Å². The zero-order chi connectivity index (χ0) is 23.7. The molecule has 0 saturated carbocycles. The van der Waals surface area contributed by atoms with E-state index in [1.54, 1.807) is 26.0 Å². The van der Waals surface area contributed by atoms with Crippen LogP contribution in [0.5, 0.6) is 0 Å². The Bertz CT molecular complexity index is 1490. The smallest absolute Gasteiger partial charge is 0.338 e. The minimum Gasteiger partial charge on any atom is -0.463 e. The minimum absolute atomic E-state index is 0.0799. The molecule has 0 bridgehead atoms. The summed E-state index contributed by atoms with van der Waals surface area (Å²) in [6, 6.07) is 10.7. The second kappa shape index (κ2) is 8.91. The van der Waals surface area contributed by atoms with Gasteiger partial charge in [-0.05, 0) is 31.6 Å². The maximum Gasteiger partial charge on any atom is 0.338 e. The van der Waals surface area contributed by atoms with Gasteiger partial charge < -0.3 is 4.74 Å². The van der Waals surface area contributed by atoms with Crippen molar-refractivity contribution in [1.82, 2.24) is 4.57 Å². The molecule has 1 aliphatic rings. The molecular weight excluding hydrogens is 449 g/mol. The lowest BCUT2D eigenvalue weighted by molar-refractivity contribution is -0.384. The molecule has 0 radical (unpaired) electrons. The van der Waals surface area contributed by atoms with E-state index in [4.69, 9.17) is 4.74 Å². The first-order chi connectivity index (χ1) is 15.8. The zero-order valence-corrected chi connectivity index (χ0v) is 18.5. The van der Waals surface area contributed by atoms with Gasteiger partial charge in [0, 0.05) is 17.7 Å². The predicted molar refractivity (Wildman–Crippen MR) is 120 cm³/mol. The van der Waals surface area contributed by atoms with Gasteiger partial charge in [0.25, 0.3) is 11.2 Å². The van der Waals surface area contributed by atoms with Crippen LogP contribution in [0.2, 0.25) is 0 Å². The lowest BCUT2D eigenvalue weighted by Gasteiger charge is -2.24. The number of benzene rings is 2. The molecule has 0 amide bonds. The standard InChI is InChI=1S/C23H18FN3O5S/c1-3-32-22(29)19-13(2)25-23-26(20(19)16-9-4-5-10-17(16)24)21(28)18(33-23)12-14-7-6-8-15(11-14)27(30)31/h4-12,20H,3H2,1-2H3. The number of halogens is 1. The van der Waals surface area contributed by atoms with Gasteiger partial charge in [-0.15, -0.1) is 0 Å². The van der Waals surface area contributed by atoms with Gasteiger partial charge in [-0.3, -0.25) is 19.5 Å². The summed E-state index contributed by atoms with van der Waals surface area (Å²) in [4.78, 5) is 41.5. The molecule has 2 aromatic carbocycles. The highest BCUT2D eigenvalue weighted by Gasteiger charge is 2.34. The van der Waals surface area contributed by atoms with Crippen molar-refractivity contribution in [1.29, 1.82) is 0 Å². The van der Waals surface area contributed by atoms with Crippen molar-refractivity contribution in [3.05, 3.63) is 107 Å². The average Bonchev–Trinajstić information content (AvgIpc) is 3.08. The van der Waals surface area contributed by atoms with Crippen molar-refractivity contribution < 1.29 is 18.8 Å². The fourth-order valence-corrected chi connectivity index (χ4v) is 4.71. The molecule has 8 nitrogen and oxygen atoms in total.